The molecule has 0 amide bonds. The lowest BCUT2D eigenvalue weighted by molar-refractivity contribution is 0.612. The predicted molar refractivity (Wildman–Crippen MR) is 60.0 cm³/mol. The summed E-state index contributed by atoms with van der Waals surface area (Å²) in [6, 6.07) is 1.28. The molecule has 0 saturated carbocycles. The van der Waals surface area contributed by atoms with Crippen molar-refractivity contribution in [3.8, 4) is 0 Å². The second-order valence-corrected chi connectivity index (χ2v) is 3.07. The third-order valence-corrected chi connectivity index (χ3v) is 2.06. The van der Waals surface area contributed by atoms with Gasteiger partial charge in [0.1, 0.15) is 0 Å². The van der Waals surface area contributed by atoms with E-state index in [0.717, 1.165) is 13.1 Å². The van der Waals surface area contributed by atoms with E-state index in [1.54, 1.807) is 0 Å². The van der Waals surface area contributed by atoms with Crippen molar-refractivity contribution in [1.82, 2.24) is 4.98 Å². The molecule has 1 aromatic rings. The molecule has 5 heteroatoms. The fraction of sp³-hybridized carbons (Fsp3) is 0.444. The molecule has 0 saturated heterocycles. The number of hydrogen-bond donors (Lipinski definition) is 0. The Hall–Kier alpha value is -0.540. The number of halogens is 3. The molecule has 0 radical (unpaired) electrons. The molecular weight excluding hydrogens is 226 g/mol. The molecule has 1 rings (SSSR count). The Bertz CT molecular complexity index is 290. The van der Waals surface area contributed by atoms with Crippen LogP contribution in [0.15, 0.2) is 12.3 Å². The van der Waals surface area contributed by atoms with Crippen molar-refractivity contribution in [3.63, 3.8) is 0 Å². The van der Waals surface area contributed by atoms with E-state index in [-0.39, 0.29) is 18.2 Å². The zero-order chi connectivity index (χ0) is 9.84. The fourth-order valence-corrected chi connectivity index (χ4v) is 1.31. The first-order valence-corrected chi connectivity index (χ1v) is 4.62. The Kier molecular flexibility index (Phi) is 5.81. The van der Waals surface area contributed by atoms with Crippen LogP contribution in [0.25, 0.3) is 0 Å². The molecule has 0 N–H and O–H groups in total. The van der Waals surface area contributed by atoms with Gasteiger partial charge in [-0.2, -0.15) is 0 Å². The van der Waals surface area contributed by atoms with Gasteiger partial charge in [-0.1, -0.05) is 11.6 Å². The van der Waals surface area contributed by atoms with Gasteiger partial charge in [0.15, 0.2) is 11.6 Å². The van der Waals surface area contributed by atoms with Gasteiger partial charge in [-0.15, -0.1) is 12.4 Å². The van der Waals surface area contributed by atoms with Crippen LogP contribution in [0, 0.1) is 5.82 Å². The number of pyridine rings is 1. The first kappa shape index (κ1) is 13.5. The molecular formula is C9H13Cl2FN2. The average Bonchev–Trinajstić information content (AvgIpc) is 2.10. The highest BCUT2D eigenvalue weighted by atomic mass is 35.5. The maximum atomic E-state index is 13.3. The van der Waals surface area contributed by atoms with Crippen molar-refractivity contribution in [1.29, 1.82) is 0 Å². The van der Waals surface area contributed by atoms with E-state index in [2.05, 4.69) is 4.98 Å². The molecule has 80 valence electrons. The summed E-state index contributed by atoms with van der Waals surface area (Å²) in [7, 11) is 0. The Labute approximate surface area is 94.5 Å². The Balaban J connectivity index is 0.00000169. The van der Waals surface area contributed by atoms with Gasteiger partial charge in [-0.3, -0.25) is 0 Å². The van der Waals surface area contributed by atoms with Crippen molar-refractivity contribution in [3.05, 3.63) is 23.1 Å². The van der Waals surface area contributed by atoms with Crippen molar-refractivity contribution < 1.29 is 4.39 Å². The van der Waals surface area contributed by atoms with E-state index in [1.165, 1.54) is 12.3 Å². The summed E-state index contributed by atoms with van der Waals surface area (Å²) >= 11 is 5.59. The minimum absolute atomic E-state index is 0. The molecule has 14 heavy (non-hydrogen) atoms. The van der Waals surface area contributed by atoms with Gasteiger partial charge in [-0.05, 0) is 19.9 Å². The molecule has 0 aliphatic carbocycles. The highest BCUT2D eigenvalue weighted by Gasteiger charge is 2.09. The number of aromatic nitrogens is 1. The standard InChI is InChI=1S/C9H12ClFN2.ClH/c1-3-13(4-2)9-8(11)5-7(10)6-12-9;/h5-6H,3-4H2,1-2H3;1H. The fourth-order valence-electron chi connectivity index (χ4n) is 1.16. The second kappa shape index (κ2) is 6.04. The van der Waals surface area contributed by atoms with Gasteiger partial charge in [0.25, 0.3) is 0 Å². The van der Waals surface area contributed by atoms with E-state index in [0.29, 0.717) is 10.8 Å². The molecule has 0 aliphatic heterocycles. The van der Waals surface area contributed by atoms with Crippen LogP contribution in [0.2, 0.25) is 5.02 Å². The maximum absolute atomic E-state index is 13.3. The van der Waals surface area contributed by atoms with Crippen LogP contribution in [0.4, 0.5) is 10.2 Å². The number of anilines is 1. The van der Waals surface area contributed by atoms with Gasteiger partial charge in [0, 0.05) is 19.3 Å². The molecule has 2 nitrogen and oxygen atoms in total. The molecule has 0 unspecified atom stereocenters. The topological polar surface area (TPSA) is 16.1 Å². The summed E-state index contributed by atoms with van der Waals surface area (Å²) in [5, 5.41) is 0.327. The van der Waals surface area contributed by atoms with Crippen molar-refractivity contribution >= 4 is 29.8 Å². The Morgan fingerprint density at radius 1 is 1.43 bits per heavy atom. The van der Waals surface area contributed by atoms with E-state index in [4.69, 9.17) is 11.6 Å². The van der Waals surface area contributed by atoms with Crippen molar-refractivity contribution in [2.75, 3.05) is 18.0 Å². The third kappa shape index (κ3) is 3.00. The average molecular weight is 239 g/mol. The number of nitrogens with zero attached hydrogens (tertiary/aromatic N) is 2. The lowest BCUT2D eigenvalue weighted by Gasteiger charge is -2.19. The molecule has 0 aliphatic rings. The first-order chi connectivity index (χ1) is 6.19. The first-order valence-electron chi connectivity index (χ1n) is 4.25. The van der Waals surface area contributed by atoms with Gasteiger partial charge < -0.3 is 4.90 Å². The molecule has 1 aromatic heterocycles. The van der Waals surface area contributed by atoms with Gasteiger partial charge in [0.2, 0.25) is 0 Å². The molecule has 1 heterocycles. The van der Waals surface area contributed by atoms with Crippen LogP contribution >= 0.6 is 24.0 Å². The van der Waals surface area contributed by atoms with E-state index in [9.17, 15) is 4.39 Å². The maximum Gasteiger partial charge on any atom is 0.167 e. The van der Waals surface area contributed by atoms with E-state index < -0.39 is 0 Å². The van der Waals surface area contributed by atoms with Crippen LogP contribution < -0.4 is 4.90 Å². The van der Waals surface area contributed by atoms with Gasteiger partial charge in [0.05, 0.1) is 5.02 Å². The van der Waals surface area contributed by atoms with Crippen LogP contribution in [0.5, 0.6) is 0 Å². The quantitative estimate of drug-likeness (QED) is 0.805. The van der Waals surface area contributed by atoms with Crippen molar-refractivity contribution in [2.24, 2.45) is 0 Å². The Morgan fingerprint density at radius 2 is 2.00 bits per heavy atom. The third-order valence-electron chi connectivity index (χ3n) is 1.85. The Morgan fingerprint density at radius 3 is 2.43 bits per heavy atom. The highest BCUT2D eigenvalue weighted by molar-refractivity contribution is 6.30. The second-order valence-electron chi connectivity index (χ2n) is 2.63. The minimum atomic E-state index is -0.365. The van der Waals surface area contributed by atoms with Crippen LogP contribution in [0.1, 0.15) is 13.8 Å². The molecule has 0 bridgehead atoms. The number of hydrogen-bond acceptors (Lipinski definition) is 2. The number of rotatable bonds is 3. The summed E-state index contributed by atoms with van der Waals surface area (Å²) in [4.78, 5) is 5.78. The minimum Gasteiger partial charge on any atom is -0.355 e. The zero-order valence-corrected chi connectivity index (χ0v) is 9.70. The zero-order valence-electron chi connectivity index (χ0n) is 8.13. The smallest absolute Gasteiger partial charge is 0.167 e. The van der Waals surface area contributed by atoms with Crippen LogP contribution in [-0.2, 0) is 0 Å². The SMILES string of the molecule is CCN(CC)c1ncc(Cl)cc1F.Cl. The van der Waals surface area contributed by atoms with Gasteiger partial charge >= 0.3 is 0 Å². The summed E-state index contributed by atoms with van der Waals surface area (Å²) in [6.07, 6.45) is 1.46. The van der Waals surface area contributed by atoms with Crippen LogP contribution in [0.3, 0.4) is 0 Å². The normalized spacial score (nSPS) is 9.43. The summed E-state index contributed by atoms with van der Waals surface area (Å²) in [5.74, 6) is 0.00519. The van der Waals surface area contributed by atoms with Crippen molar-refractivity contribution in [2.45, 2.75) is 13.8 Å². The summed E-state index contributed by atoms with van der Waals surface area (Å²) < 4.78 is 13.3. The molecule has 0 aromatic carbocycles. The molecule has 0 atom stereocenters. The van der Waals surface area contributed by atoms with E-state index in [1.807, 2.05) is 18.7 Å². The van der Waals surface area contributed by atoms with Gasteiger partial charge in [-0.25, -0.2) is 9.37 Å². The van der Waals surface area contributed by atoms with E-state index >= 15 is 0 Å². The monoisotopic (exact) mass is 238 g/mol. The highest BCUT2D eigenvalue weighted by Crippen LogP contribution is 2.18. The summed E-state index contributed by atoms with van der Waals surface area (Å²) in [6.45, 7) is 5.39. The lowest BCUT2D eigenvalue weighted by Crippen LogP contribution is -2.24. The summed E-state index contributed by atoms with van der Waals surface area (Å²) in [5.41, 5.74) is 0. The molecule has 0 fully saturated rings. The largest absolute Gasteiger partial charge is 0.355 e. The lowest BCUT2D eigenvalue weighted by atomic mass is 10.4. The predicted octanol–water partition coefficient (Wildman–Crippen LogP) is 3.14. The molecule has 0 spiro atoms. The van der Waals surface area contributed by atoms with Crippen LogP contribution in [-0.4, -0.2) is 18.1 Å².